The van der Waals surface area contributed by atoms with Crippen LogP contribution in [0.5, 0.6) is 0 Å². The molecule has 0 unspecified atom stereocenters. The van der Waals surface area contributed by atoms with Gasteiger partial charge in [0.05, 0.1) is 30.5 Å². The third-order valence-corrected chi connectivity index (χ3v) is 4.26. The molecule has 0 radical (unpaired) electrons. The molecule has 3 aromatic heterocycles. The van der Waals surface area contributed by atoms with Gasteiger partial charge in [0.15, 0.2) is 11.4 Å². The number of carbonyl (C=O) groups is 1. The Hall–Kier alpha value is -3.49. The summed E-state index contributed by atoms with van der Waals surface area (Å²) in [5, 5.41) is 4.42. The van der Waals surface area contributed by atoms with E-state index in [-0.39, 0.29) is 11.5 Å². The lowest BCUT2D eigenvalue weighted by atomic mass is 10.1. The van der Waals surface area contributed by atoms with E-state index < -0.39 is 18.8 Å². The van der Waals surface area contributed by atoms with Crippen LogP contribution in [-0.2, 0) is 6.54 Å². The van der Waals surface area contributed by atoms with Crippen molar-refractivity contribution in [3.63, 3.8) is 0 Å². The van der Waals surface area contributed by atoms with Gasteiger partial charge in [0.2, 0.25) is 0 Å². The fourth-order valence-corrected chi connectivity index (χ4v) is 3.00. The van der Waals surface area contributed by atoms with Crippen LogP contribution in [0, 0.1) is 5.82 Å². The monoisotopic (exact) mass is 385 g/mol. The summed E-state index contributed by atoms with van der Waals surface area (Å²) in [5.74, 6) is -0.640. The molecule has 0 saturated heterocycles. The maximum Gasteiger partial charge on any atom is 0.256 e. The van der Waals surface area contributed by atoms with Crippen LogP contribution < -0.4 is 0 Å². The average Bonchev–Trinajstić information content (AvgIpc) is 3.25. The molecule has 0 bridgehead atoms. The number of fused-ring (bicyclic) bond motifs is 1. The lowest BCUT2D eigenvalue weighted by Crippen LogP contribution is -2.09. The highest BCUT2D eigenvalue weighted by molar-refractivity contribution is 5.93. The number of benzene rings is 1. The van der Waals surface area contributed by atoms with E-state index in [1.54, 1.807) is 12.1 Å². The van der Waals surface area contributed by atoms with Gasteiger partial charge in [-0.3, -0.25) is 4.79 Å². The molecule has 142 valence electrons. The second-order valence-corrected chi connectivity index (χ2v) is 6.18. The first-order valence-corrected chi connectivity index (χ1v) is 8.39. The van der Waals surface area contributed by atoms with Crippen LogP contribution in [-0.4, -0.2) is 36.4 Å². The van der Waals surface area contributed by atoms with Crippen LogP contribution in [0.4, 0.5) is 13.2 Å². The summed E-state index contributed by atoms with van der Waals surface area (Å²) in [5.41, 5.74) is 2.36. The van der Waals surface area contributed by atoms with E-state index in [0.29, 0.717) is 28.3 Å². The van der Waals surface area contributed by atoms with Crippen molar-refractivity contribution in [3.05, 3.63) is 60.4 Å². The minimum absolute atomic E-state index is 0.225. The standard InChI is InChI=1S/C19H14F3N5O/c1-11(28)15-8-23-17-7-6-14(25-27(15)17)19-18(12-2-4-13(20)5-3-12)24-10-26(19)9-16(21)22/h2-8,10,16H,9H2,1H3. The first-order chi connectivity index (χ1) is 13.4. The van der Waals surface area contributed by atoms with E-state index in [4.69, 9.17) is 0 Å². The topological polar surface area (TPSA) is 65.1 Å². The van der Waals surface area contributed by atoms with Crippen LogP contribution in [0.2, 0.25) is 0 Å². The Kier molecular flexibility index (Phi) is 4.42. The smallest absolute Gasteiger partial charge is 0.256 e. The lowest BCUT2D eigenvalue weighted by Gasteiger charge is -2.10. The van der Waals surface area contributed by atoms with Gasteiger partial charge >= 0.3 is 0 Å². The van der Waals surface area contributed by atoms with E-state index >= 15 is 0 Å². The molecular formula is C19H14F3N5O. The number of carbonyl (C=O) groups excluding carboxylic acids is 1. The maximum atomic E-state index is 13.3. The van der Waals surface area contributed by atoms with Crippen LogP contribution in [0.1, 0.15) is 17.4 Å². The fourth-order valence-electron chi connectivity index (χ4n) is 3.00. The third-order valence-electron chi connectivity index (χ3n) is 4.26. The molecule has 9 heteroatoms. The van der Waals surface area contributed by atoms with Gasteiger partial charge in [-0.25, -0.2) is 27.7 Å². The fraction of sp³-hybridized carbons (Fsp3) is 0.158. The Labute approximate surface area is 157 Å². The van der Waals surface area contributed by atoms with Crippen molar-refractivity contribution in [2.24, 2.45) is 0 Å². The normalized spacial score (nSPS) is 11.5. The minimum atomic E-state index is -2.60. The first kappa shape index (κ1) is 17.9. The van der Waals surface area contributed by atoms with Gasteiger partial charge in [0.25, 0.3) is 6.43 Å². The van der Waals surface area contributed by atoms with Crippen LogP contribution >= 0.6 is 0 Å². The summed E-state index contributed by atoms with van der Waals surface area (Å²) in [4.78, 5) is 20.2. The molecule has 6 nitrogen and oxygen atoms in total. The van der Waals surface area contributed by atoms with Crippen molar-refractivity contribution in [2.45, 2.75) is 19.9 Å². The van der Waals surface area contributed by atoms with E-state index in [9.17, 15) is 18.0 Å². The molecule has 0 spiro atoms. The quantitative estimate of drug-likeness (QED) is 0.489. The van der Waals surface area contributed by atoms with Gasteiger partial charge in [0, 0.05) is 12.5 Å². The number of nitrogens with zero attached hydrogens (tertiary/aromatic N) is 5. The number of hydrogen-bond donors (Lipinski definition) is 0. The summed E-state index contributed by atoms with van der Waals surface area (Å²) < 4.78 is 42.1. The van der Waals surface area contributed by atoms with E-state index in [1.807, 2.05) is 0 Å². The zero-order valence-corrected chi connectivity index (χ0v) is 14.7. The molecular weight excluding hydrogens is 371 g/mol. The van der Waals surface area contributed by atoms with E-state index in [0.717, 1.165) is 0 Å². The summed E-state index contributed by atoms with van der Waals surface area (Å²) >= 11 is 0. The number of imidazole rings is 2. The maximum absolute atomic E-state index is 13.3. The van der Waals surface area contributed by atoms with Gasteiger partial charge in [-0.15, -0.1) is 0 Å². The highest BCUT2D eigenvalue weighted by Crippen LogP contribution is 2.31. The molecule has 0 amide bonds. The molecule has 1 aromatic carbocycles. The number of rotatable bonds is 5. The molecule has 28 heavy (non-hydrogen) atoms. The summed E-state index contributed by atoms with van der Waals surface area (Å²) in [6.45, 7) is 0.815. The number of Topliss-reactive ketones (excluding diaryl/α,β-unsaturated/α-hetero) is 1. The van der Waals surface area contributed by atoms with E-state index in [2.05, 4.69) is 15.1 Å². The highest BCUT2D eigenvalue weighted by Gasteiger charge is 2.20. The van der Waals surface area contributed by atoms with Crippen LogP contribution in [0.25, 0.3) is 28.3 Å². The van der Waals surface area contributed by atoms with Crippen molar-refractivity contribution in [1.82, 2.24) is 24.1 Å². The first-order valence-electron chi connectivity index (χ1n) is 8.39. The predicted molar refractivity (Wildman–Crippen MR) is 95.6 cm³/mol. The molecule has 4 rings (SSSR count). The summed E-state index contributed by atoms with van der Waals surface area (Å²) in [7, 11) is 0. The van der Waals surface area contributed by atoms with Gasteiger partial charge in [-0.05, 0) is 36.4 Å². The van der Waals surface area contributed by atoms with Crippen molar-refractivity contribution in [2.75, 3.05) is 0 Å². The zero-order chi connectivity index (χ0) is 19.8. The Morgan fingerprint density at radius 1 is 1.11 bits per heavy atom. The minimum Gasteiger partial charge on any atom is -0.323 e. The average molecular weight is 385 g/mol. The van der Waals surface area contributed by atoms with Gasteiger partial charge in [-0.1, -0.05) is 0 Å². The number of alkyl halides is 2. The second-order valence-electron chi connectivity index (χ2n) is 6.18. The molecule has 0 saturated carbocycles. The Morgan fingerprint density at radius 3 is 2.54 bits per heavy atom. The van der Waals surface area contributed by atoms with Gasteiger partial charge in [-0.2, -0.15) is 5.10 Å². The predicted octanol–water partition coefficient (Wildman–Crippen LogP) is 3.87. The van der Waals surface area contributed by atoms with Crippen LogP contribution in [0.15, 0.2) is 48.9 Å². The van der Waals surface area contributed by atoms with Crippen molar-refractivity contribution < 1.29 is 18.0 Å². The number of ketones is 1. The largest absolute Gasteiger partial charge is 0.323 e. The zero-order valence-electron chi connectivity index (χ0n) is 14.7. The Morgan fingerprint density at radius 2 is 1.86 bits per heavy atom. The number of aromatic nitrogens is 5. The molecule has 0 aliphatic rings. The molecule has 0 atom stereocenters. The molecule has 0 aliphatic carbocycles. The van der Waals surface area contributed by atoms with Gasteiger partial charge in [0.1, 0.15) is 17.2 Å². The third kappa shape index (κ3) is 3.15. The second kappa shape index (κ2) is 6.91. The SMILES string of the molecule is CC(=O)c1cnc2ccc(-c3c(-c4ccc(F)cc4)ncn3CC(F)F)nn12. The number of hydrogen-bond acceptors (Lipinski definition) is 4. The summed E-state index contributed by atoms with van der Waals surface area (Å²) in [6, 6.07) is 8.84. The molecule has 0 N–H and O–H groups in total. The lowest BCUT2D eigenvalue weighted by molar-refractivity contribution is 0.101. The number of halogens is 3. The molecule has 0 aliphatic heterocycles. The van der Waals surface area contributed by atoms with Crippen LogP contribution in [0.3, 0.4) is 0 Å². The molecule has 0 fully saturated rings. The Balaban J connectivity index is 1.93. The van der Waals surface area contributed by atoms with Gasteiger partial charge < -0.3 is 4.57 Å². The molecule has 4 aromatic rings. The van der Waals surface area contributed by atoms with Crippen molar-refractivity contribution in [1.29, 1.82) is 0 Å². The van der Waals surface area contributed by atoms with Crippen molar-refractivity contribution >= 4 is 11.4 Å². The van der Waals surface area contributed by atoms with Crippen molar-refractivity contribution in [3.8, 4) is 22.6 Å². The highest BCUT2D eigenvalue weighted by atomic mass is 19.3. The summed E-state index contributed by atoms with van der Waals surface area (Å²) in [6.07, 6.45) is 0.108. The molecule has 3 heterocycles. The Bertz CT molecular complexity index is 1160. The van der Waals surface area contributed by atoms with E-state index in [1.165, 1.54) is 52.8 Å².